The van der Waals surface area contributed by atoms with Gasteiger partial charge in [0.2, 0.25) is 0 Å². The second-order valence-corrected chi connectivity index (χ2v) is 5.76. The molecule has 1 heterocycles. The van der Waals surface area contributed by atoms with Gasteiger partial charge in [-0.1, -0.05) is 35.5 Å². The highest BCUT2D eigenvalue weighted by Gasteiger charge is 2.48. The predicted molar refractivity (Wildman–Crippen MR) is 71.3 cm³/mol. The summed E-state index contributed by atoms with van der Waals surface area (Å²) >= 11 is 0. The summed E-state index contributed by atoms with van der Waals surface area (Å²) in [6, 6.07) is 10.2. The van der Waals surface area contributed by atoms with Crippen molar-refractivity contribution in [1.82, 2.24) is 15.0 Å². The van der Waals surface area contributed by atoms with Gasteiger partial charge in [-0.3, -0.25) is 0 Å². The zero-order chi connectivity index (χ0) is 12.8. The lowest BCUT2D eigenvalue weighted by Gasteiger charge is -2.26. The molecule has 2 fully saturated rings. The van der Waals surface area contributed by atoms with E-state index in [9.17, 15) is 5.11 Å². The Morgan fingerprint density at radius 2 is 1.89 bits per heavy atom. The highest BCUT2D eigenvalue weighted by Crippen LogP contribution is 2.50. The van der Waals surface area contributed by atoms with Crippen molar-refractivity contribution in [3.8, 4) is 11.3 Å². The van der Waals surface area contributed by atoms with E-state index in [1.165, 1.54) is 12.8 Å². The van der Waals surface area contributed by atoms with Crippen LogP contribution in [0.25, 0.3) is 11.3 Å². The molecule has 2 saturated carbocycles. The number of benzene rings is 1. The predicted octanol–water partition coefficient (Wildman–Crippen LogP) is 2.28. The van der Waals surface area contributed by atoms with Crippen LogP contribution in [-0.4, -0.2) is 26.2 Å². The van der Waals surface area contributed by atoms with E-state index in [0.717, 1.165) is 17.7 Å². The molecular formula is C15H17N3O. The second-order valence-electron chi connectivity index (χ2n) is 5.76. The summed E-state index contributed by atoms with van der Waals surface area (Å²) < 4.78 is 1.89. The molecule has 1 aromatic heterocycles. The molecule has 1 aromatic carbocycles. The first-order chi connectivity index (χ1) is 9.33. The number of aromatic nitrogens is 3. The Morgan fingerprint density at radius 1 is 1.11 bits per heavy atom. The van der Waals surface area contributed by atoms with Crippen LogP contribution in [0.1, 0.15) is 25.3 Å². The molecule has 4 heteroatoms. The van der Waals surface area contributed by atoms with Crippen LogP contribution in [0.15, 0.2) is 36.5 Å². The van der Waals surface area contributed by atoms with Gasteiger partial charge < -0.3 is 5.11 Å². The first kappa shape index (κ1) is 11.2. The number of aliphatic hydroxyl groups is 1. The van der Waals surface area contributed by atoms with Gasteiger partial charge in [-0.25, -0.2) is 4.68 Å². The Labute approximate surface area is 112 Å². The summed E-state index contributed by atoms with van der Waals surface area (Å²) in [6.07, 6.45) is 5.26. The number of hydrogen-bond donors (Lipinski definition) is 1. The number of nitrogens with zero attached hydrogens (tertiary/aromatic N) is 3. The van der Waals surface area contributed by atoms with Crippen molar-refractivity contribution in [1.29, 1.82) is 0 Å². The molecule has 2 bridgehead atoms. The van der Waals surface area contributed by atoms with E-state index in [0.29, 0.717) is 11.8 Å². The van der Waals surface area contributed by atoms with Crippen LogP contribution in [0.2, 0.25) is 0 Å². The summed E-state index contributed by atoms with van der Waals surface area (Å²) in [4.78, 5) is 0. The van der Waals surface area contributed by atoms with Gasteiger partial charge in [0, 0.05) is 5.56 Å². The van der Waals surface area contributed by atoms with E-state index >= 15 is 0 Å². The van der Waals surface area contributed by atoms with Crippen LogP contribution >= 0.6 is 0 Å². The van der Waals surface area contributed by atoms with Crippen LogP contribution in [0.5, 0.6) is 0 Å². The number of rotatable bonds is 2. The zero-order valence-electron chi connectivity index (χ0n) is 10.7. The fourth-order valence-electron chi connectivity index (χ4n) is 3.77. The van der Waals surface area contributed by atoms with Gasteiger partial charge >= 0.3 is 0 Å². The summed E-state index contributed by atoms with van der Waals surface area (Å²) in [6.45, 7) is 0. The van der Waals surface area contributed by atoms with E-state index in [-0.39, 0.29) is 12.1 Å². The van der Waals surface area contributed by atoms with Gasteiger partial charge in [0.15, 0.2) is 0 Å². The van der Waals surface area contributed by atoms with Crippen molar-refractivity contribution < 1.29 is 5.11 Å². The van der Waals surface area contributed by atoms with Gasteiger partial charge in [-0.05, 0) is 31.1 Å². The standard InChI is InChI=1S/C15H17N3O/c19-15-12-7-6-11(8-12)14(15)18-9-13(16-17-18)10-4-2-1-3-5-10/h1-5,9,11-12,14-15,19H,6-8H2/t11-,12+,14+,15+/m1/s1. The molecule has 0 amide bonds. The van der Waals surface area contributed by atoms with Crippen LogP contribution in [-0.2, 0) is 0 Å². The average Bonchev–Trinajstić information content (AvgIpc) is 3.14. The molecule has 0 spiro atoms. The normalized spacial score (nSPS) is 32.9. The summed E-state index contributed by atoms with van der Waals surface area (Å²) in [5, 5.41) is 18.8. The Balaban J connectivity index is 1.65. The third kappa shape index (κ3) is 1.70. The lowest BCUT2D eigenvalue weighted by atomic mass is 9.93. The van der Waals surface area contributed by atoms with Crippen molar-refractivity contribution in [2.24, 2.45) is 11.8 Å². The molecule has 19 heavy (non-hydrogen) atoms. The monoisotopic (exact) mass is 255 g/mol. The average molecular weight is 255 g/mol. The maximum Gasteiger partial charge on any atom is 0.113 e. The molecule has 0 unspecified atom stereocenters. The molecule has 0 radical (unpaired) electrons. The molecule has 4 rings (SSSR count). The molecule has 0 aliphatic heterocycles. The van der Waals surface area contributed by atoms with Crippen LogP contribution in [0.3, 0.4) is 0 Å². The quantitative estimate of drug-likeness (QED) is 0.895. The molecule has 2 aliphatic rings. The first-order valence-corrected chi connectivity index (χ1v) is 6.98. The summed E-state index contributed by atoms with van der Waals surface area (Å²) in [5.74, 6) is 1.05. The lowest BCUT2D eigenvalue weighted by Crippen LogP contribution is -2.30. The molecule has 0 saturated heterocycles. The number of hydrogen-bond acceptors (Lipinski definition) is 3. The van der Waals surface area contributed by atoms with E-state index in [1.54, 1.807) is 0 Å². The largest absolute Gasteiger partial charge is 0.391 e. The van der Waals surface area contributed by atoms with Crippen molar-refractivity contribution in [2.45, 2.75) is 31.4 Å². The van der Waals surface area contributed by atoms with Crippen molar-refractivity contribution >= 4 is 0 Å². The van der Waals surface area contributed by atoms with E-state index < -0.39 is 0 Å². The fourth-order valence-corrected chi connectivity index (χ4v) is 3.77. The third-order valence-electron chi connectivity index (χ3n) is 4.71. The first-order valence-electron chi connectivity index (χ1n) is 6.98. The maximum atomic E-state index is 10.3. The molecule has 4 nitrogen and oxygen atoms in total. The highest BCUT2D eigenvalue weighted by molar-refractivity contribution is 5.57. The van der Waals surface area contributed by atoms with E-state index in [1.807, 2.05) is 41.2 Å². The Morgan fingerprint density at radius 3 is 2.63 bits per heavy atom. The molecule has 98 valence electrons. The smallest absolute Gasteiger partial charge is 0.113 e. The molecular weight excluding hydrogens is 238 g/mol. The molecule has 4 atom stereocenters. The van der Waals surface area contributed by atoms with Crippen molar-refractivity contribution in [3.63, 3.8) is 0 Å². The minimum absolute atomic E-state index is 0.128. The minimum Gasteiger partial charge on any atom is -0.391 e. The van der Waals surface area contributed by atoms with Crippen LogP contribution in [0, 0.1) is 11.8 Å². The van der Waals surface area contributed by atoms with Crippen molar-refractivity contribution in [3.05, 3.63) is 36.5 Å². The van der Waals surface area contributed by atoms with Gasteiger partial charge in [0.05, 0.1) is 18.3 Å². The molecule has 2 aromatic rings. The summed E-state index contributed by atoms with van der Waals surface area (Å²) in [5.41, 5.74) is 1.96. The van der Waals surface area contributed by atoms with Gasteiger partial charge in [-0.15, -0.1) is 5.10 Å². The number of aliphatic hydroxyl groups excluding tert-OH is 1. The highest BCUT2D eigenvalue weighted by atomic mass is 16.3. The van der Waals surface area contributed by atoms with E-state index in [4.69, 9.17) is 0 Å². The van der Waals surface area contributed by atoms with Crippen LogP contribution < -0.4 is 0 Å². The Hall–Kier alpha value is -1.68. The van der Waals surface area contributed by atoms with E-state index in [2.05, 4.69) is 10.3 Å². The fraction of sp³-hybridized carbons (Fsp3) is 0.467. The zero-order valence-corrected chi connectivity index (χ0v) is 10.7. The SMILES string of the molecule is O[C@H]1[C@H]2CC[C@H](C2)[C@@H]1n1cc(-c2ccccc2)nn1. The minimum atomic E-state index is -0.246. The van der Waals surface area contributed by atoms with Crippen LogP contribution in [0.4, 0.5) is 0 Å². The van der Waals surface area contributed by atoms with Gasteiger partial charge in [-0.2, -0.15) is 0 Å². The Kier molecular flexibility index (Phi) is 2.45. The third-order valence-corrected chi connectivity index (χ3v) is 4.71. The topological polar surface area (TPSA) is 50.9 Å². The Bertz CT molecular complexity index is 578. The lowest BCUT2D eigenvalue weighted by molar-refractivity contribution is 0.0580. The van der Waals surface area contributed by atoms with Crippen molar-refractivity contribution in [2.75, 3.05) is 0 Å². The molecule has 2 aliphatic carbocycles. The molecule has 1 N–H and O–H groups in total. The van der Waals surface area contributed by atoms with Gasteiger partial charge in [0.1, 0.15) is 5.69 Å². The summed E-state index contributed by atoms with van der Waals surface area (Å²) in [7, 11) is 0. The van der Waals surface area contributed by atoms with Gasteiger partial charge in [0.25, 0.3) is 0 Å². The maximum absolute atomic E-state index is 10.3. The second kappa shape index (κ2) is 4.17. The number of fused-ring (bicyclic) bond motifs is 2.